The molecule has 0 aliphatic heterocycles. The summed E-state index contributed by atoms with van der Waals surface area (Å²) < 4.78 is 0. The molecule has 6 rings (SSSR count). The van der Waals surface area contributed by atoms with Crippen LogP contribution in [0, 0.1) is 0 Å². The molecule has 36 heavy (non-hydrogen) atoms. The number of rotatable bonds is 7. The maximum atomic E-state index is 4.78. The summed E-state index contributed by atoms with van der Waals surface area (Å²) in [5, 5.41) is 11.7. The molecule has 6 aromatic heterocycles. The summed E-state index contributed by atoms with van der Waals surface area (Å²) in [6, 6.07) is 11.5. The van der Waals surface area contributed by atoms with E-state index in [0.29, 0.717) is 17.1 Å². The Morgan fingerprint density at radius 1 is 0.722 bits per heavy atom. The van der Waals surface area contributed by atoms with Gasteiger partial charge in [-0.1, -0.05) is 0 Å². The number of H-pyrrole nitrogens is 3. The topological polar surface area (TPSA) is 147 Å². The number of aromatic nitrogens is 7. The summed E-state index contributed by atoms with van der Waals surface area (Å²) in [5.41, 5.74) is 3.92. The molecule has 0 aliphatic carbocycles. The summed E-state index contributed by atoms with van der Waals surface area (Å²) in [6.07, 6.45) is 15.9. The van der Waals surface area contributed by atoms with Crippen molar-refractivity contribution in [3.05, 3.63) is 97.8 Å². The van der Waals surface area contributed by atoms with Gasteiger partial charge in [-0.15, -0.1) is 0 Å². The summed E-state index contributed by atoms with van der Waals surface area (Å²) in [5.74, 6) is 2.02. The van der Waals surface area contributed by atoms with Gasteiger partial charge in [0.25, 0.3) is 0 Å². The van der Waals surface area contributed by atoms with Crippen LogP contribution in [-0.2, 0) is 0 Å². The Labute approximate surface area is 204 Å². The second kappa shape index (κ2) is 9.43. The van der Waals surface area contributed by atoms with Crippen molar-refractivity contribution in [1.29, 1.82) is 0 Å². The van der Waals surface area contributed by atoms with E-state index in [4.69, 9.17) is 4.99 Å². The Kier molecular flexibility index (Phi) is 5.53. The molecule has 0 fully saturated rings. The van der Waals surface area contributed by atoms with Gasteiger partial charge in [0.1, 0.15) is 18.0 Å². The predicted octanol–water partition coefficient (Wildman–Crippen LogP) is 4.87. The lowest BCUT2D eigenvalue weighted by molar-refractivity contribution is 1.12. The van der Waals surface area contributed by atoms with Crippen molar-refractivity contribution in [2.75, 3.05) is 16.0 Å². The summed E-state index contributed by atoms with van der Waals surface area (Å²) >= 11 is 0. The van der Waals surface area contributed by atoms with Crippen molar-refractivity contribution in [2.24, 2.45) is 4.99 Å². The van der Waals surface area contributed by atoms with Crippen LogP contribution in [0.2, 0.25) is 0 Å². The van der Waals surface area contributed by atoms with Crippen molar-refractivity contribution >= 4 is 51.0 Å². The number of anilines is 6. The molecule has 0 spiro atoms. The molecule has 0 bridgehead atoms. The lowest BCUT2D eigenvalue weighted by Gasteiger charge is -2.08. The van der Waals surface area contributed by atoms with Crippen molar-refractivity contribution in [1.82, 2.24) is 34.9 Å². The van der Waals surface area contributed by atoms with Gasteiger partial charge in [-0.2, -0.15) is 0 Å². The molecule has 0 saturated heterocycles. The fourth-order valence-corrected chi connectivity index (χ4v) is 3.75. The number of nitrogens with one attached hydrogen (secondary N) is 6. The highest BCUT2D eigenvalue weighted by Crippen LogP contribution is 2.29. The first-order valence-electron chi connectivity index (χ1n) is 11.2. The van der Waals surface area contributed by atoms with Gasteiger partial charge in [-0.3, -0.25) is 9.97 Å². The maximum Gasteiger partial charge on any atom is 0.165 e. The summed E-state index contributed by atoms with van der Waals surface area (Å²) in [4.78, 5) is 31.7. The van der Waals surface area contributed by atoms with E-state index in [1.807, 2.05) is 61.2 Å². The van der Waals surface area contributed by atoms with Crippen LogP contribution in [0.1, 0.15) is 0 Å². The first kappa shape index (κ1) is 21.1. The minimum absolute atomic E-state index is 0.517. The highest BCUT2D eigenvalue weighted by Gasteiger charge is 2.11. The molecule has 0 radical (unpaired) electrons. The average Bonchev–Trinajstić information content (AvgIpc) is 3.64. The third-order valence-electron chi connectivity index (χ3n) is 5.42. The zero-order valence-corrected chi connectivity index (χ0v) is 18.9. The quantitative estimate of drug-likeness (QED) is 0.193. The van der Waals surface area contributed by atoms with Gasteiger partial charge in [0.2, 0.25) is 0 Å². The van der Waals surface area contributed by atoms with E-state index in [2.05, 4.69) is 50.8 Å². The van der Waals surface area contributed by atoms with Gasteiger partial charge in [-0.25, -0.2) is 15.0 Å². The molecule has 0 saturated carbocycles. The van der Waals surface area contributed by atoms with Gasteiger partial charge < -0.3 is 30.9 Å². The maximum absolute atomic E-state index is 4.78. The number of aromatic amines is 3. The summed E-state index contributed by atoms with van der Waals surface area (Å²) in [6.45, 7) is 0. The molecule has 11 heteroatoms. The third-order valence-corrected chi connectivity index (χ3v) is 5.42. The van der Waals surface area contributed by atoms with Gasteiger partial charge in [0.05, 0.1) is 35.1 Å². The monoisotopic (exact) mass is 475 g/mol. The predicted molar refractivity (Wildman–Crippen MR) is 139 cm³/mol. The van der Waals surface area contributed by atoms with Crippen LogP contribution in [0.3, 0.4) is 0 Å². The Bertz CT molecular complexity index is 1670. The number of hydrogen-bond acceptors (Lipinski definition) is 8. The molecule has 0 aliphatic rings. The van der Waals surface area contributed by atoms with E-state index in [9.17, 15) is 0 Å². The lowest BCUT2D eigenvalue weighted by Crippen LogP contribution is -2.04. The molecular weight excluding hydrogens is 454 g/mol. The van der Waals surface area contributed by atoms with Crippen LogP contribution in [0.15, 0.2) is 97.3 Å². The molecule has 11 nitrogen and oxygen atoms in total. The molecule has 6 N–H and O–H groups in total. The highest BCUT2D eigenvalue weighted by atomic mass is 15.1. The van der Waals surface area contributed by atoms with Crippen molar-refractivity contribution in [3.8, 4) is 0 Å². The van der Waals surface area contributed by atoms with Gasteiger partial charge >= 0.3 is 0 Å². The van der Waals surface area contributed by atoms with Gasteiger partial charge in [0.15, 0.2) is 11.3 Å². The van der Waals surface area contributed by atoms with Gasteiger partial charge in [-0.05, 0) is 36.4 Å². The van der Waals surface area contributed by atoms with Crippen LogP contribution in [0.25, 0.3) is 10.8 Å². The fraction of sp³-hybridized carbons (Fsp3) is 0. The molecule has 6 aromatic rings. The number of pyridine rings is 2. The van der Waals surface area contributed by atoms with Crippen LogP contribution in [0.4, 0.5) is 40.2 Å². The molecule has 6 heterocycles. The minimum atomic E-state index is 0.517. The van der Waals surface area contributed by atoms with E-state index < -0.39 is 0 Å². The Hall–Kier alpha value is -5.45. The van der Waals surface area contributed by atoms with E-state index in [-0.39, 0.29) is 0 Å². The van der Waals surface area contributed by atoms with Crippen molar-refractivity contribution < 1.29 is 0 Å². The first-order valence-corrected chi connectivity index (χ1v) is 11.2. The normalized spacial score (nSPS) is 11.5. The van der Waals surface area contributed by atoms with Crippen LogP contribution >= 0.6 is 0 Å². The van der Waals surface area contributed by atoms with Crippen LogP contribution in [0.5, 0.6) is 0 Å². The number of hydrogen-bond donors (Lipinski definition) is 6. The SMILES string of the molecule is c1cncc(Nc2cc[nH]c2/N=c2\ncnc(Nc3[nH]ccc3Nc3cccnc3)c3c[nH]cc23)c1. The van der Waals surface area contributed by atoms with Gasteiger partial charge in [0, 0.05) is 48.0 Å². The van der Waals surface area contributed by atoms with E-state index >= 15 is 0 Å². The molecule has 0 unspecified atom stereocenters. The number of nitrogens with zero attached hydrogens (tertiary/aromatic N) is 5. The van der Waals surface area contributed by atoms with E-state index in [1.165, 1.54) is 6.33 Å². The van der Waals surface area contributed by atoms with Crippen LogP contribution < -0.4 is 21.4 Å². The molecule has 0 atom stereocenters. The summed E-state index contributed by atoms with van der Waals surface area (Å²) in [7, 11) is 0. The molecular formula is C25H21N11. The molecule has 176 valence electrons. The Morgan fingerprint density at radius 3 is 2.22 bits per heavy atom. The van der Waals surface area contributed by atoms with E-state index in [0.717, 1.165) is 39.3 Å². The molecule has 0 amide bonds. The zero-order valence-electron chi connectivity index (χ0n) is 18.9. The third kappa shape index (κ3) is 4.35. The largest absolute Gasteiger partial charge is 0.366 e. The second-order valence-electron chi connectivity index (χ2n) is 7.81. The average molecular weight is 476 g/mol. The Balaban J connectivity index is 1.34. The van der Waals surface area contributed by atoms with Crippen molar-refractivity contribution in [3.63, 3.8) is 0 Å². The number of fused-ring (bicyclic) bond motifs is 1. The van der Waals surface area contributed by atoms with E-state index in [1.54, 1.807) is 24.8 Å². The minimum Gasteiger partial charge on any atom is -0.366 e. The first-order chi connectivity index (χ1) is 17.8. The smallest absolute Gasteiger partial charge is 0.165 e. The Morgan fingerprint density at radius 2 is 1.44 bits per heavy atom. The van der Waals surface area contributed by atoms with Crippen molar-refractivity contribution in [2.45, 2.75) is 0 Å². The zero-order chi connectivity index (χ0) is 24.2. The fourth-order valence-electron chi connectivity index (χ4n) is 3.75. The lowest BCUT2D eigenvalue weighted by atomic mass is 10.3. The highest BCUT2D eigenvalue weighted by molar-refractivity contribution is 5.93. The molecule has 0 aromatic carbocycles. The van der Waals surface area contributed by atoms with Crippen LogP contribution in [-0.4, -0.2) is 34.9 Å². The standard InChI is InChI=1S/C25H21N11/c1-3-16(11-26-7-1)33-20-5-9-29-24(20)35-22-18-13-28-14-19(18)23(32-15-31-22)36-25-21(6-10-30-25)34-17-4-2-8-27-12-17/h1-15,28-30,33-34H,(H,31,32,35,36). The second-order valence-corrected chi connectivity index (χ2v) is 7.81.